The first-order valence-corrected chi connectivity index (χ1v) is 13.9. The first-order valence-electron chi connectivity index (χ1n) is 13.6. The van der Waals surface area contributed by atoms with Crippen LogP contribution in [0.15, 0.2) is 36.4 Å². The molecule has 2 saturated heterocycles. The molecule has 2 unspecified atom stereocenters. The molecule has 3 aliphatic heterocycles. The van der Waals surface area contributed by atoms with Gasteiger partial charge in [-0.15, -0.1) is 0 Å². The first kappa shape index (κ1) is 24.3. The molecule has 4 heterocycles. The third kappa shape index (κ3) is 4.49. The van der Waals surface area contributed by atoms with E-state index in [4.69, 9.17) is 21.3 Å². The van der Waals surface area contributed by atoms with Crippen molar-refractivity contribution in [3.63, 3.8) is 0 Å². The summed E-state index contributed by atoms with van der Waals surface area (Å²) in [5.74, 6) is 2.88. The quantitative estimate of drug-likeness (QED) is 0.491. The second kappa shape index (κ2) is 10.4. The molecule has 192 valence electrons. The van der Waals surface area contributed by atoms with Crippen molar-refractivity contribution in [2.75, 3.05) is 49.6 Å². The summed E-state index contributed by atoms with van der Waals surface area (Å²) in [6.07, 6.45) is 5.89. The van der Waals surface area contributed by atoms with Crippen molar-refractivity contribution in [2.45, 2.75) is 38.6 Å². The van der Waals surface area contributed by atoms with Gasteiger partial charge in [0.1, 0.15) is 17.5 Å². The van der Waals surface area contributed by atoms with Crippen LogP contribution in [0.5, 0.6) is 5.88 Å². The molecule has 0 saturated carbocycles. The molecule has 2 atom stereocenters. The van der Waals surface area contributed by atoms with Gasteiger partial charge in [-0.05, 0) is 74.5 Å². The third-order valence-electron chi connectivity index (χ3n) is 8.57. The number of piperidine rings is 2. The lowest BCUT2D eigenvalue weighted by molar-refractivity contribution is 0.233. The molecule has 3 aliphatic rings. The second-order valence-electron chi connectivity index (χ2n) is 10.6. The molecule has 37 heavy (non-hydrogen) atoms. The summed E-state index contributed by atoms with van der Waals surface area (Å²) < 4.78 is 5.70. The molecule has 6 nitrogen and oxygen atoms in total. The number of nitrogens with zero attached hydrogens (tertiary/aromatic N) is 4. The van der Waals surface area contributed by atoms with E-state index < -0.39 is 0 Å². The maximum absolute atomic E-state index is 10.2. The SMILES string of the molecule is COc1nc(N2CCCC(C3CCCNC3)C2)c2c(c1C#N)CN(c1cccc3cccc(Cl)c13)CC2. The lowest BCUT2D eigenvalue weighted by Crippen LogP contribution is -2.44. The van der Waals surface area contributed by atoms with Crippen LogP contribution in [0.3, 0.4) is 0 Å². The van der Waals surface area contributed by atoms with Gasteiger partial charge in [0.25, 0.3) is 0 Å². The highest BCUT2D eigenvalue weighted by atomic mass is 35.5. The molecule has 0 radical (unpaired) electrons. The standard InChI is InChI=1S/C30H34ClN5O/c1-37-30-24(16-32)25-19-35(27-11-3-7-20-6-2-10-26(31)28(20)27)15-12-23(25)29(34-30)36-14-5-9-22(18-36)21-8-4-13-33-17-21/h2-3,6-7,10-11,21-22,33H,4-5,8-9,12-15,17-19H2,1H3. The molecule has 7 heteroatoms. The highest BCUT2D eigenvalue weighted by Gasteiger charge is 2.33. The molecule has 2 aromatic carbocycles. The van der Waals surface area contributed by atoms with Crippen LogP contribution < -0.4 is 19.9 Å². The molecule has 1 N–H and O–H groups in total. The van der Waals surface area contributed by atoms with E-state index in [1.165, 1.54) is 31.2 Å². The Morgan fingerprint density at radius 2 is 1.89 bits per heavy atom. The number of rotatable bonds is 4. The Morgan fingerprint density at radius 1 is 1.05 bits per heavy atom. The van der Waals surface area contributed by atoms with Crippen molar-refractivity contribution >= 4 is 33.9 Å². The predicted octanol–water partition coefficient (Wildman–Crippen LogP) is 5.55. The van der Waals surface area contributed by atoms with Gasteiger partial charge < -0.3 is 19.9 Å². The zero-order valence-electron chi connectivity index (χ0n) is 21.5. The van der Waals surface area contributed by atoms with E-state index in [1.807, 2.05) is 12.1 Å². The molecule has 0 spiro atoms. The van der Waals surface area contributed by atoms with E-state index in [0.29, 0.717) is 23.9 Å². The Bertz CT molecular complexity index is 1340. The smallest absolute Gasteiger partial charge is 0.233 e. The molecular formula is C30H34ClN5O. The van der Waals surface area contributed by atoms with Gasteiger partial charge in [-0.3, -0.25) is 0 Å². The normalized spacial score (nSPS) is 22.0. The van der Waals surface area contributed by atoms with Crippen LogP contribution in [0.1, 0.15) is 42.4 Å². The largest absolute Gasteiger partial charge is 0.480 e. The topological polar surface area (TPSA) is 64.4 Å². The average molecular weight is 516 g/mol. The van der Waals surface area contributed by atoms with Crippen LogP contribution in [0.4, 0.5) is 11.5 Å². The summed E-state index contributed by atoms with van der Waals surface area (Å²) in [6, 6.07) is 14.8. The fraction of sp³-hybridized carbons (Fsp3) is 0.467. The van der Waals surface area contributed by atoms with Crippen molar-refractivity contribution in [2.24, 2.45) is 11.8 Å². The second-order valence-corrected chi connectivity index (χ2v) is 11.0. The monoisotopic (exact) mass is 515 g/mol. The van der Waals surface area contributed by atoms with Crippen LogP contribution in [-0.4, -0.2) is 44.8 Å². The average Bonchev–Trinajstić information content (AvgIpc) is 2.96. The van der Waals surface area contributed by atoms with Crippen molar-refractivity contribution in [3.05, 3.63) is 58.1 Å². The summed E-state index contributed by atoms with van der Waals surface area (Å²) in [7, 11) is 1.62. The fourth-order valence-electron chi connectivity index (χ4n) is 6.73. The number of aromatic nitrogens is 1. The highest BCUT2D eigenvalue weighted by Crippen LogP contribution is 2.40. The van der Waals surface area contributed by atoms with E-state index in [0.717, 1.165) is 77.9 Å². The van der Waals surface area contributed by atoms with Crippen LogP contribution in [0.2, 0.25) is 5.02 Å². The zero-order valence-corrected chi connectivity index (χ0v) is 22.2. The van der Waals surface area contributed by atoms with Gasteiger partial charge in [-0.25, -0.2) is 0 Å². The number of hydrogen-bond donors (Lipinski definition) is 1. The molecule has 3 aromatic rings. The van der Waals surface area contributed by atoms with Crippen LogP contribution in [0.25, 0.3) is 10.8 Å². The number of benzene rings is 2. The van der Waals surface area contributed by atoms with Gasteiger partial charge in [0.2, 0.25) is 5.88 Å². The maximum Gasteiger partial charge on any atom is 0.233 e. The molecule has 0 amide bonds. The summed E-state index contributed by atoms with van der Waals surface area (Å²) in [5, 5.41) is 16.7. The van der Waals surface area contributed by atoms with Crippen molar-refractivity contribution < 1.29 is 4.74 Å². The van der Waals surface area contributed by atoms with E-state index in [9.17, 15) is 5.26 Å². The van der Waals surface area contributed by atoms with Crippen LogP contribution in [0, 0.1) is 23.2 Å². The number of pyridine rings is 1. The molecule has 0 aliphatic carbocycles. The predicted molar refractivity (Wildman–Crippen MR) is 150 cm³/mol. The Hall–Kier alpha value is -3.01. The van der Waals surface area contributed by atoms with Gasteiger partial charge in [0.05, 0.1) is 12.1 Å². The minimum absolute atomic E-state index is 0.440. The van der Waals surface area contributed by atoms with E-state index in [1.54, 1.807) is 7.11 Å². The summed E-state index contributed by atoms with van der Waals surface area (Å²) >= 11 is 6.67. The van der Waals surface area contributed by atoms with Gasteiger partial charge in [0.15, 0.2) is 0 Å². The number of methoxy groups -OCH3 is 1. The molecular weight excluding hydrogens is 482 g/mol. The Morgan fingerprint density at radius 3 is 2.68 bits per heavy atom. The van der Waals surface area contributed by atoms with Crippen LogP contribution in [-0.2, 0) is 13.0 Å². The van der Waals surface area contributed by atoms with E-state index in [-0.39, 0.29) is 0 Å². The molecule has 0 bridgehead atoms. The Labute approximate surface area is 224 Å². The number of hydrogen-bond acceptors (Lipinski definition) is 6. The fourth-order valence-corrected chi connectivity index (χ4v) is 7.01. The Balaban J connectivity index is 1.37. The van der Waals surface area contributed by atoms with Crippen LogP contribution >= 0.6 is 11.6 Å². The van der Waals surface area contributed by atoms with E-state index >= 15 is 0 Å². The number of halogens is 1. The lowest BCUT2D eigenvalue weighted by atomic mass is 9.81. The van der Waals surface area contributed by atoms with Gasteiger partial charge in [-0.1, -0.05) is 35.9 Å². The Kier molecular flexibility index (Phi) is 6.84. The van der Waals surface area contributed by atoms with Crippen molar-refractivity contribution in [3.8, 4) is 11.9 Å². The first-order chi connectivity index (χ1) is 18.2. The molecule has 2 fully saturated rings. The zero-order chi connectivity index (χ0) is 25.4. The molecule has 6 rings (SSSR count). The van der Waals surface area contributed by atoms with Gasteiger partial charge in [-0.2, -0.15) is 10.2 Å². The summed E-state index contributed by atoms with van der Waals surface area (Å²) in [4.78, 5) is 9.80. The number of nitrogens with one attached hydrogen (secondary N) is 1. The third-order valence-corrected chi connectivity index (χ3v) is 8.89. The minimum Gasteiger partial charge on any atom is -0.480 e. The highest BCUT2D eigenvalue weighted by molar-refractivity contribution is 6.36. The number of anilines is 2. The van der Waals surface area contributed by atoms with Crippen molar-refractivity contribution in [1.82, 2.24) is 10.3 Å². The lowest BCUT2D eigenvalue weighted by Gasteiger charge is -2.41. The maximum atomic E-state index is 10.2. The van der Waals surface area contributed by atoms with Crippen molar-refractivity contribution in [1.29, 1.82) is 5.26 Å². The molecule has 1 aromatic heterocycles. The minimum atomic E-state index is 0.440. The van der Waals surface area contributed by atoms with Gasteiger partial charge >= 0.3 is 0 Å². The number of fused-ring (bicyclic) bond motifs is 2. The summed E-state index contributed by atoms with van der Waals surface area (Å²) in [6.45, 7) is 5.80. The summed E-state index contributed by atoms with van der Waals surface area (Å²) in [5.41, 5.74) is 3.92. The number of ether oxygens (including phenoxy) is 1. The number of nitriles is 1. The van der Waals surface area contributed by atoms with E-state index in [2.05, 4.69) is 45.5 Å². The van der Waals surface area contributed by atoms with Gasteiger partial charge in [0, 0.05) is 48.4 Å².